The van der Waals surface area contributed by atoms with Gasteiger partial charge in [0.15, 0.2) is 0 Å². The number of hydrogen-bond acceptors (Lipinski definition) is 4. The SMILES string of the molecule is Cc1cc2nc(CN3CCN(c4ccccc4)CC3)c(=O)[nH]c2cc1C. The Balaban J connectivity index is 1.49. The largest absolute Gasteiger partial charge is 0.369 e. The van der Waals surface area contributed by atoms with Crippen molar-refractivity contribution in [1.82, 2.24) is 14.9 Å². The minimum absolute atomic E-state index is 0.0776. The molecule has 1 N–H and O–H groups in total. The van der Waals surface area contributed by atoms with Crippen LogP contribution in [-0.2, 0) is 6.54 Å². The molecule has 0 saturated carbocycles. The number of para-hydroxylation sites is 1. The number of piperazine rings is 1. The Morgan fingerprint density at radius 1 is 1.00 bits per heavy atom. The summed E-state index contributed by atoms with van der Waals surface area (Å²) in [4.78, 5) is 24.8. The third-order valence-electron chi connectivity index (χ3n) is 5.24. The Morgan fingerprint density at radius 2 is 1.69 bits per heavy atom. The first kappa shape index (κ1) is 16.8. The van der Waals surface area contributed by atoms with Crippen molar-refractivity contribution in [3.05, 3.63) is 69.6 Å². The van der Waals surface area contributed by atoms with Crippen molar-refractivity contribution >= 4 is 16.7 Å². The fourth-order valence-corrected chi connectivity index (χ4v) is 3.51. The number of rotatable bonds is 3. The number of nitrogens with one attached hydrogen (secondary N) is 1. The van der Waals surface area contributed by atoms with Gasteiger partial charge >= 0.3 is 0 Å². The maximum atomic E-state index is 12.4. The van der Waals surface area contributed by atoms with Crippen LogP contribution in [0.4, 0.5) is 5.69 Å². The highest BCUT2D eigenvalue weighted by Gasteiger charge is 2.19. The van der Waals surface area contributed by atoms with Gasteiger partial charge < -0.3 is 9.88 Å². The summed E-state index contributed by atoms with van der Waals surface area (Å²) in [5.41, 5.74) is 5.83. The maximum absolute atomic E-state index is 12.4. The van der Waals surface area contributed by atoms with Crippen LogP contribution < -0.4 is 10.5 Å². The van der Waals surface area contributed by atoms with Crippen molar-refractivity contribution in [1.29, 1.82) is 0 Å². The second kappa shape index (κ2) is 6.92. The molecule has 1 fully saturated rings. The van der Waals surface area contributed by atoms with E-state index < -0.39 is 0 Å². The molecule has 4 rings (SSSR count). The van der Waals surface area contributed by atoms with Crippen molar-refractivity contribution < 1.29 is 0 Å². The van der Waals surface area contributed by atoms with Crippen LogP contribution in [0.5, 0.6) is 0 Å². The molecule has 0 spiro atoms. The van der Waals surface area contributed by atoms with Crippen LogP contribution >= 0.6 is 0 Å². The van der Waals surface area contributed by atoms with Gasteiger partial charge in [0.1, 0.15) is 5.69 Å². The summed E-state index contributed by atoms with van der Waals surface area (Å²) in [5, 5.41) is 0. The zero-order chi connectivity index (χ0) is 18.1. The average molecular weight is 348 g/mol. The summed E-state index contributed by atoms with van der Waals surface area (Å²) in [6, 6.07) is 14.5. The van der Waals surface area contributed by atoms with Gasteiger partial charge in [-0.05, 0) is 49.2 Å². The average Bonchev–Trinajstić information content (AvgIpc) is 2.65. The van der Waals surface area contributed by atoms with Gasteiger partial charge in [-0.1, -0.05) is 18.2 Å². The van der Waals surface area contributed by atoms with Crippen LogP contribution in [0.15, 0.2) is 47.3 Å². The lowest BCUT2D eigenvalue weighted by molar-refractivity contribution is 0.246. The predicted octanol–water partition coefficient (Wildman–Crippen LogP) is 2.86. The molecule has 1 aliphatic rings. The first-order valence-electron chi connectivity index (χ1n) is 9.13. The second-order valence-electron chi connectivity index (χ2n) is 7.06. The smallest absolute Gasteiger partial charge is 0.271 e. The zero-order valence-electron chi connectivity index (χ0n) is 15.3. The molecule has 0 atom stereocenters. The normalized spacial score (nSPS) is 15.5. The highest BCUT2D eigenvalue weighted by Crippen LogP contribution is 2.17. The number of hydrogen-bond donors (Lipinski definition) is 1. The van der Waals surface area contributed by atoms with E-state index in [0.717, 1.165) is 37.2 Å². The topological polar surface area (TPSA) is 52.2 Å². The third-order valence-corrected chi connectivity index (χ3v) is 5.24. The number of fused-ring (bicyclic) bond motifs is 1. The quantitative estimate of drug-likeness (QED) is 0.791. The Labute approximate surface area is 153 Å². The molecule has 134 valence electrons. The van der Waals surface area contributed by atoms with E-state index in [2.05, 4.69) is 57.0 Å². The van der Waals surface area contributed by atoms with Crippen LogP contribution in [0.25, 0.3) is 11.0 Å². The standard InChI is InChI=1S/C21H24N4O/c1-15-12-18-19(13-16(15)2)23-21(26)20(22-18)14-24-8-10-25(11-9-24)17-6-4-3-5-7-17/h3-7,12-13H,8-11,14H2,1-2H3,(H,23,26). The van der Waals surface area contributed by atoms with E-state index in [1.807, 2.05) is 19.1 Å². The summed E-state index contributed by atoms with van der Waals surface area (Å²) < 4.78 is 0. The summed E-state index contributed by atoms with van der Waals surface area (Å²) in [5.74, 6) is 0. The third kappa shape index (κ3) is 3.35. The lowest BCUT2D eigenvalue weighted by atomic mass is 10.1. The molecule has 0 radical (unpaired) electrons. The molecule has 0 bridgehead atoms. The van der Waals surface area contributed by atoms with Crippen molar-refractivity contribution in [2.75, 3.05) is 31.1 Å². The number of nitrogens with zero attached hydrogens (tertiary/aromatic N) is 3. The molecule has 5 heteroatoms. The highest BCUT2D eigenvalue weighted by atomic mass is 16.1. The van der Waals surface area contributed by atoms with E-state index in [4.69, 9.17) is 0 Å². The molecule has 1 saturated heterocycles. The summed E-state index contributed by atoms with van der Waals surface area (Å²) in [7, 11) is 0. The molecular weight excluding hydrogens is 324 g/mol. The Morgan fingerprint density at radius 3 is 2.42 bits per heavy atom. The van der Waals surface area contributed by atoms with E-state index in [-0.39, 0.29) is 5.56 Å². The van der Waals surface area contributed by atoms with Gasteiger partial charge in [-0.15, -0.1) is 0 Å². The minimum Gasteiger partial charge on any atom is -0.369 e. The monoisotopic (exact) mass is 348 g/mol. The Kier molecular flexibility index (Phi) is 4.47. The molecule has 2 aromatic carbocycles. The van der Waals surface area contributed by atoms with Crippen molar-refractivity contribution in [2.45, 2.75) is 20.4 Å². The lowest BCUT2D eigenvalue weighted by Crippen LogP contribution is -2.46. The Hall–Kier alpha value is -2.66. The van der Waals surface area contributed by atoms with Crippen LogP contribution in [-0.4, -0.2) is 41.0 Å². The fraction of sp³-hybridized carbons (Fsp3) is 0.333. The molecule has 2 heterocycles. The number of aryl methyl sites for hydroxylation is 2. The summed E-state index contributed by atoms with van der Waals surface area (Å²) in [6.45, 7) is 8.52. The summed E-state index contributed by atoms with van der Waals surface area (Å²) >= 11 is 0. The number of benzene rings is 2. The summed E-state index contributed by atoms with van der Waals surface area (Å²) in [6.07, 6.45) is 0. The van der Waals surface area contributed by atoms with Crippen LogP contribution in [0.3, 0.4) is 0 Å². The van der Waals surface area contributed by atoms with Gasteiger partial charge in [-0.2, -0.15) is 0 Å². The fourth-order valence-electron chi connectivity index (χ4n) is 3.51. The molecule has 0 amide bonds. The van der Waals surface area contributed by atoms with Crippen molar-refractivity contribution in [3.8, 4) is 0 Å². The van der Waals surface area contributed by atoms with E-state index in [9.17, 15) is 4.79 Å². The van der Waals surface area contributed by atoms with Gasteiger partial charge in [0.2, 0.25) is 0 Å². The maximum Gasteiger partial charge on any atom is 0.271 e. The van der Waals surface area contributed by atoms with E-state index in [1.54, 1.807) is 0 Å². The first-order chi connectivity index (χ1) is 12.6. The van der Waals surface area contributed by atoms with E-state index >= 15 is 0 Å². The van der Waals surface area contributed by atoms with Gasteiger partial charge in [0.05, 0.1) is 11.0 Å². The van der Waals surface area contributed by atoms with Gasteiger partial charge in [0, 0.05) is 38.4 Å². The number of H-pyrrole nitrogens is 1. The predicted molar refractivity (Wildman–Crippen MR) is 106 cm³/mol. The number of aromatic nitrogens is 2. The van der Waals surface area contributed by atoms with Gasteiger partial charge in [-0.25, -0.2) is 4.98 Å². The number of anilines is 1. The van der Waals surface area contributed by atoms with Crippen LogP contribution in [0, 0.1) is 13.8 Å². The van der Waals surface area contributed by atoms with Gasteiger partial charge in [-0.3, -0.25) is 9.69 Å². The van der Waals surface area contributed by atoms with Gasteiger partial charge in [0.25, 0.3) is 5.56 Å². The lowest BCUT2D eigenvalue weighted by Gasteiger charge is -2.35. The molecule has 1 aromatic heterocycles. The zero-order valence-corrected chi connectivity index (χ0v) is 15.3. The molecule has 0 aliphatic carbocycles. The molecule has 26 heavy (non-hydrogen) atoms. The minimum atomic E-state index is -0.0776. The molecule has 0 unspecified atom stereocenters. The van der Waals surface area contributed by atoms with E-state index in [1.165, 1.54) is 16.8 Å². The number of aromatic amines is 1. The molecule has 3 aromatic rings. The van der Waals surface area contributed by atoms with Crippen molar-refractivity contribution in [2.24, 2.45) is 0 Å². The Bertz CT molecular complexity index is 972. The first-order valence-corrected chi connectivity index (χ1v) is 9.13. The second-order valence-corrected chi connectivity index (χ2v) is 7.06. The van der Waals surface area contributed by atoms with Crippen molar-refractivity contribution in [3.63, 3.8) is 0 Å². The molecular formula is C21H24N4O. The molecule has 1 aliphatic heterocycles. The molecule has 5 nitrogen and oxygen atoms in total. The van der Waals surface area contributed by atoms with E-state index in [0.29, 0.717) is 12.2 Å². The highest BCUT2D eigenvalue weighted by molar-refractivity contribution is 5.76. The van der Waals surface area contributed by atoms with Crippen LogP contribution in [0.2, 0.25) is 0 Å². The van der Waals surface area contributed by atoms with Crippen LogP contribution in [0.1, 0.15) is 16.8 Å².